The fraction of sp³-hybridized carbons (Fsp3) is 0.500. The number of nitrogens with one attached hydrogen (secondary N) is 1. The third-order valence-electron chi connectivity index (χ3n) is 5.47. The van der Waals surface area contributed by atoms with Crippen molar-refractivity contribution in [1.82, 2.24) is 9.88 Å². The number of rotatable bonds is 7. The third kappa shape index (κ3) is 5.51. The van der Waals surface area contributed by atoms with Crippen molar-refractivity contribution in [3.05, 3.63) is 23.6 Å². The number of aromatic nitrogens is 1. The monoisotopic (exact) mass is 461 g/mol. The lowest BCUT2D eigenvalue weighted by atomic mass is 10.0. The molecule has 1 unspecified atom stereocenters. The topological polar surface area (TPSA) is 80.8 Å². The van der Waals surface area contributed by atoms with Gasteiger partial charge in [-0.1, -0.05) is 6.92 Å². The van der Waals surface area contributed by atoms with Crippen molar-refractivity contribution < 1.29 is 19.1 Å². The van der Waals surface area contributed by atoms with Gasteiger partial charge in [-0.3, -0.25) is 9.59 Å². The Labute approximate surface area is 190 Å². The van der Waals surface area contributed by atoms with Gasteiger partial charge in [0.2, 0.25) is 11.8 Å². The average molecular weight is 462 g/mol. The molecule has 2 aromatic rings. The Morgan fingerprint density at radius 1 is 1.23 bits per heavy atom. The van der Waals surface area contributed by atoms with Gasteiger partial charge in [-0.15, -0.1) is 23.1 Å². The first-order valence-electron chi connectivity index (χ1n) is 10.7. The van der Waals surface area contributed by atoms with Crippen LogP contribution in [0.15, 0.2) is 23.6 Å². The molecule has 4 rings (SSSR count). The molecule has 1 fully saturated rings. The van der Waals surface area contributed by atoms with E-state index < -0.39 is 0 Å². The molecule has 2 aliphatic rings. The number of benzene rings is 1. The molecule has 9 heteroatoms. The molecule has 7 nitrogen and oxygen atoms in total. The lowest BCUT2D eigenvalue weighted by Crippen LogP contribution is -2.44. The Bertz CT molecular complexity index is 933. The van der Waals surface area contributed by atoms with Crippen LogP contribution in [-0.2, 0) is 9.59 Å². The van der Waals surface area contributed by atoms with Gasteiger partial charge in [0.15, 0.2) is 16.6 Å². The number of amides is 2. The molecule has 1 atom stereocenters. The zero-order valence-electron chi connectivity index (χ0n) is 17.6. The van der Waals surface area contributed by atoms with Gasteiger partial charge in [0.05, 0.1) is 17.2 Å². The molecule has 2 aliphatic heterocycles. The second-order valence-electron chi connectivity index (χ2n) is 7.58. The number of thiazole rings is 1. The zero-order chi connectivity index (χ0) is 21.6. The van der Waals surface area contributed by atoms with Crippen molar-refractivity contribution in [3.8, 4) is 22.8 Å². The van der Waals surface area contributed by atoms with E-state index in [2.05, 4.69) is 17.2 Å². The largest absolute Gasteiger partial charge is 0.486 e. The maximum atomic E-state index is 12.5. The van der Waals surface area contributed by atoms with Gasteiger partial charge in [0.25, 0.3) is 0 Å². The number of carbonyl (C=O) groups is 2. The second kappa shape index (κ2) is 10.4. The first-order valence-corrected chi connectivity index (χ1v) is 12.7. The van der Waals surface area contributed by atoms with E-state index >= 15 is 0 Å². The predicted octanol–water partition coefficient (Wildman–Crippen LogP) is 4.04. The number of carbonyl (C=O) groups excluding carboxylic acids is 2. The minimum Gasteiger partial charge on any atom is -0.486 e. The minimum absolute atomic E-state index is 0.138. The van der Waals surface area contributed by atoms with Gasteiger partial charge in [-0.2, -0.15) is 0 Å². The van der Waals surface area contributed by atoms with E-state index in [-0.39, 0.29) is 17.6 Å². The molecule has 1 aromatic heterocycles. The Kier molecular flexibility index (Phi) is 7.34. The standard InChI is InChI=1S/C22H27N3O4S2/c1-2-16-5-3-4-8-25(16)21(27)14-30-13-20(26)24-22-23-17(12-31-22)15-6-7-18-19(11-15)29-10-9-28-18/h6-7,11-12,16H,2-5,8-10,13-14H2,1H3,(H,23,24,26). The van der Waals surface area contributed by atoms with Crippen molar-refractivity contribution in [3.63, 3.8) is 0 Å². The molecule has 1 N–H and O–H groups in total. The predicted molar refractivity (Wildman–Crippen MR) is 124 cm³/mol. The van der Waals surface area contributed by atoms with Gasteiger partial charge in [-0.05, 0) is 43.9 Å². The fourth-order valence-corrected chi connectivity index (χ4v) is 5.33. The van der Waals surface area contributed by atoms with Crippen molar-refractivity contribution in [1.29, 1.82) is 0 Å². The molecular formula is C22H27N3O4S2. The molecule has 0 radical (unpaired) electrons. The SMILES string of the molecule is CCC1CCCCN1C(=O)CSCC(=O)Nc1nc(-c2ccc3c(c2)OCCO3)cs1. The van der Waals surface area contributed by atoms with Gasteiger partial charge in [0.1, 0.15) is 13.2 Å². The maximum Gasteiger partial charge on any atom is 0.236 e. The summed E-state index contributed by atoms with van der Waals surface area (Å²) >= 11 is 2.73. The second-order valence-corrected chi connectivity index (χ2v) is 9.43. The number of likely N-dealkylation sites (tertiary alicyclic amines) is 1. The molecule has 0 saturated carbocycles. The summed E-state index contributed by atoms with van der Waals surface area (Å²) < 4.78 is 11.2. The number of hydrogen-bond acceptors (Lipinski definition) is 7. The molecule has 3 heterocycles. The summed E-state index contributed by atoms with van der Waals surface area (Å²) in [6.45, 7) is 4.06. The molecule has 1 saturated heterocycles. The van der Waals surface area contributed by atoms with E-state index in [1.807, 2.05) is 28.5 Å². The summed E-state index contributed by atoms with van der Waals surface area (Å²) in [5.74, 6) is 2.01. The van der Waals surface area contributed by atoms with Crippen molar-refractivity contribution in [2.45, 2.75) is 38.6 Å². The molecular weight excluding hydrogens is 434 g/mol. The molecule has 1 aromatic carbocycles. The summed E-state index contributed by atoms with van der Waals surface area (Å²) in [5.41, 5.74) is 1.68. The number of piperidine rings is 1. The molecule has 0 bridgehead atoms. The molecule has 2 amide bonds. The zero-order valence-corrected chi connectivity index (χ0v) is 19.2. The van der Waals surface area contributed by atoms with Gasteiger partial charge < -0.3 is 19.7 Å². The maximum absolute atomic E-state index is 12.5. The average Bonchev–Trinajstić information content (AvgIpc) is 3.27. The summed E-state index contributed by atoms with van der Waals surface area (Å²) in [5, 5.41) is 5.28. The van der Waals surface area contributed by atoms with Crippen LogP contribution in [0.1, 0.15) is 32.6 Å². The first-order chi connectivity index (χ1) is 15.1. The molecule has 0 spiro atoms. The number of ether oxygens (including phenoxy) is 2. The summed E-state index contributed by atoms with van der Waals surface area (Å²) in [6.07, 6.45) is 4.35. The first kappa shape index (κ1) is 22.0. The Balaban J connectivity index is 1.26. The smallest absolute Gasteiger partial charge is 0.236 e. The summed E-state index contributed by atoms with van der Waals surface area (Å²) in [7, 11) is 0. The highest BCUT2D eigenvalue weighted by molar-refractivity contribution is 8.00. The van der Waals surface area contributed by atoms with Gasteiger partial charge in [0, 0.05) is 23.5 Å². The van der Waals surface area contributed by atoms with Crippen LogP contribution in [0, 0.1) is 0 Å². The molecule has 0 aliphatic carbocycles. The van der Waals surface area contributed by atoms with Crippen LogP contribution in [0.5, 0.6) is 11.5 Å². The quantitative estimate of drug-likeness (QED) is 0.670. The van der Waals surface area contributed by atoms with Crippen molar-refractivity contribution >= 4 is 40.0 Å². The van der Waals surface area contributed by atoms with E-state index in [1.54, 1.807) is 0 Å². The number of hydrogen-bond donors (Lipinski definition) is 1. The minimum atomic E-state index is -0.147. The highest BCUT2D eigenvalue weighted by Crippen LogP contribution is 2.35. The van der Waals surface area contributed by atoms with Crippen LogP contribution < -0.4 is 14.8 Å². The van der Waals surface area contributed by atoms with Crippen LogP contribution >= 0.6 is 23.1 Å². The number of anilines is 1. The lowest BCUT2D eigenvalue weighted by Gasteiger charge is -2.35. The number of thioether (sulfide) groups is 1. The van der Waals surface area contributed by atoms with Crippen LogP contribution in [0.4, 0.5) is 5.13 Å². The van der Waals surface area contributed by atoms with Gasteiger partial charge in [-0.25, -0.2) is 4.98 Å². The van der Waals surface area contributed by atoms with Crippen LogP contribution in [0.3, 0.4) is 0 Å². The highest BCUT2D eigenvalue weighted by Gasteiger charge is 2.25. The molecule has 31 heavy (non-hydrogen) atoms. The fourth-order valence-electron chi connectivity index (χ4n) is 3.89. The van der Waals surface area contributed by atoms with E-state index in [4.69, 9.17) is 9.47 Å². The van der Waals surface area contributed by atoms with E-state index in [0.29, 0.717) is 35.9 Å². The van der Waals surface area contributed by atoms with Gasteiger partial charge >= 0.3 is 0 Å². The number of nitrogens with zero attached hydrogens (tertiary/aromatic N) is 2. The van der Waals surface area contributed by atoms with Crippen LogP contribution in [-0.4, -0.2) is 59.0 Å². The van der Waals surface area contributed by atoms with Crippen molar-refractivity contribution in [2.24, 2.45) is 0 Å². The number of fused-ring (bicyclic) bond motifs is 1. The summed E-state index contributed by atoms with van der Waals surface area (Å²) in [6, 6.07) is 6.06. The Hall–Kier alpha value is -2.26. The van der Waals surface area contributed by atoms with Crippen LogP contribution in [0.25, 0.3) is 11.3 Å². The van der Waals surface area contributed by atoms with E-state index in [9.17, 15) is 9.59 Å². The normalized spacial score (nSPS) is 18.0. The van der Waals surface area contributed by atoms with Crippen LogP contribution in [0.2, 0.25) is 0 Å². The molecule has 166 valence electrons. The summed E-state index contributed by atoms with van der Waals surface area (Å²) in [4.78, 5) is 31.3. The van der Waals surface area contributed by atoms with Crippen molar-refractivity contribution in [2.75, 3.05) is 36.6 Å². The lowest BCUT2D eigenvalue weighted by molar-refractivity contribution is -0.132. The van der Waals surface area contributed by atoms with E-state index in [1.165, 1.54) is 29.5 Å². The Morgan fingerprint density at radius 3 is 2.90 bits per heavy atom. The Morgan fingerprint density at radius 2 is 2.06 bits per heavy atom. The highest BCUT2D eigenvalue weighted by atomic mass is 32.2. The third-order valence-corrected chi connectivity index (χ3v) is 7.14. The van der Waals surface area contributed by atoms with E-state index in [0.717, 1.165) is 42.8 Å².